The lowest BCUT2D eigenvalue weighted by atomic mass is 10.1. The molecular formula is C19H31N4O2S+. The number of ether oxygens (including phenoxy) is 2. The molecule has 0 aromatic heterocycles. The summed E-state index contributed by atoms with van der Waals surface area (Å²) in [5.74, 6) is 0.885. The number of quaternary nitrogens is 1. The van der Waals surface area contributed by atoms with E-state index in [0.29, 0.717) is 5.11 Å². The zero-order chi connectivity index (χ0) is 18.6. The van der Waals surface area contributed by atoms with Crippen LogP contribution in [0.1, 0.15) is 32.3 Å². The fourth-order valence-electron chi connectivity index (χ4n) is 2.70. The Morgan fingerprint density at radius 2 is 2.00 bits per heavy atom. The van der Waals surface area contributed by atoms with Crippen LogP contribution in [0.5, 0.6) is 5.75 Å². The monoisotopic (exact) mass is 379 g/mol. The van der Waals surface area contributed by atoms with E-state index in [-0.39, 0.29) is 0 Å². The lowest BCUT2D eigenvalue weighted by molar-refractivity contribution is -0.908. The van der Waals surface area contributed by atoms with Crippen molar-refractivity contribution in [2.45, 2.75) is 26.7 Å². The molecule has 0 atom stereocenters. The fourth-order valence-corrected chi connectivity index (χ4v) is 2.85. The summed E-state index contributed by atoms with van der Waals surface area (Å²) < 4.78 is 11.0. The summed E-state index contributed by atoms with van der Waals surface area (Å²) in [6, 6.07) is 7.95. The Kier molecular flexibility index (Phi) is 9.38. The van der Waals surface area contributed by atoms with Crippen molar-refractivity contribution in [1.82, 2.24) is 10.7 Å². The Hall–Kier alpha value is -1.70. The molecule has 1 aliphatic heterocycles. The van der Waals surface area contributed by atoms with Crippen molar-refractivity contribution < 1.29 is 14.4 Å². The number of nitrogens with zero attached hydrogens (tertiary/aromatic N) is 1. The zero-order valence-corrected chi connectivity index (χ0v) is 16.7. The third kappa shape index (κ3) is 7.68. The van der Waals surface area contributed by atoms with Gasteiger partial charge in [-0.15, -0.1) is 0 Å². The molecule has 3 N–H and O–H groups in total. The number of nitrogens with one attached hydrogen (secondary N) is 3. The molecule has 1 aromatic carbocycles. The standard InChI is InChI=1S/C19H30N4O2S/c1-3-13-25-18-7-5-17(6-8-18)16(2)21-22-19(26)20-9-4-10-23-11-14-24-15-12-23/h5-8H,3-4,9-15H2,1-2H3,(H2,20,22,26)/p+1/b21-16-. The molecule has 0 amide bonds. The van der Waals surface area contributed by atoms with Crippen molar-refractivity contribution in [3.05, 3.63) is 29.8 Å². The molecule has 0 saturated carbocycles. The molecule has 0 spiro atoms. The van der Waals surface area contributed by atoms with E-state index in [4.69, 9.17) is 21.7 Å². The van der Waals surface area contributed by atoms with Crippen LogP contribution in [0.2, 0.25) is 0 Å². The van der Waals surface area contributed by atoms with Gasteiger partial charge in [-0.2, -0.15) is 5.10 Å². The molecule has 1 aromatic rings. The van der Waals surface area contributed by atoms with Crippen molar-refractivity contribution in [2.75, 3.05) is 46.0 Å². The summed E-state index contributed by atoms with van der Waals surface area (Å²) in [5, 5.41) is 8.12. The normalized spacial score (nSPS) is 15.5. The first-order valence-corrected chi connectivity index (χ1v) is 9.82. The van der Waals surface area contributed by atoms with Crippen molar-refractivity contribution in [2.24, 2.45) is 5.10 Å². The topological polar surface area (TPSA) is 59.3 Å². The van der Waals surface area contributed by atoms with E-state index in [2.05, 4.69) is 22.8 Å². The van der Waals surface area contributed by atoms with Crippen molar-refractivity contribution in [1.29, 1.82) is 0 Å². The molecular weight excluding hydrogens is 348 g/mol. The molecule has 1 saturated heterocycles. The first-order chi connectivity index (χ1) is 12.7. The Morgan fingerprint density at radius 1 is 1.27 bits per heavy atom. The molecule has 2 rings (SSSR count). The Labute approximate surface area is 161 Å². The molecule has 1 fully saturated rings. The van der Waals surface area contributed by atoms with Gasteiger partial charge in [0.15, 0.2) is 5.11 Å². The van der Waals surface area contributed by atoms with Gasteiger partial charge in [0.2, 0.25) is 0 Å². The number of rotatable bonds is 9. The maximum atomic E-state index is 5.59. The summed E-state index contributed by atoms with van der Waals surface area (Å²) >= 11 is 5.28. The van der Waals surface area contributed by atoms with Crippen LogP contribution >= 0.6 is 12.2 Å². The second-order valence-electron chi connectivity index (χ2n) is 6.40. The minimum Gasteiger partial charge on any atom is -0.494 e. The van der Waals surface area contributed by atoms with Gasteiger partial charge in [-0.25, -0.2) is 0 Å². The molecule has 144 valence electrons. The van der Waals surface area contributed by atoms with Gasteiger partial charge in [0.05, 0.1) is 32.1 Å². The highest BCUT2D eigenvalue weighted by Crippen LogP contribution is 2.13. The third-order valence-corrected chi connectivity index (χ3v) is 4.50. The van der Waals surface area contributed by atoms with Gasteiger partial charge in [-0.05, 0) is 55.4 Å². The molecule has 0 unspecified atom stereocenters. The van der Waals surface area contributed by atoms with Gasteiger partial charge in [-0.1, -0.05) is 6.92 Å². The molecule has 0 bridgehead atoms. The lowest BCUT2D eigenvalue weighted by Gasteiger charge is -2.23. The lowest BCUT2D eigenvalue weighted by Crippen LogP contribution is -3.14. The van der Waals surface area contributed by atoms with E-state index in [1.807, 2.05) is 31.2 Å². The van der Waals surface area contributed by atoms with E-state index in [1.165, 1.54) is 0 Å². The van der Waals surface area contributed by atoms with Crippen molar-refractivity contribution in [3.8, 4) is 5.75 Å². The van der Waals surface area contributed by atoms with Crippen LogP contribution in [0.15, 0.2) is 29.4 Å². The van der Waals surface area contributed by atoms with Gasteiger partial charge in [0.1, 0.15) is 18.8 Å². The van der Waals surface area contributed by atoms with Crippen LogP contribution in [0.4, 0.5) is 0 Å². The first kappa shape index (κ1) is 20.6. The quantitative estimate of drug-likeness (QED) is 0.258. The number of thiocarbonyl (C=S) groups is 1. The van der Waals surface area contributed by atoms with Gasteiger partial charge in [0, 0.05) is 13.0 Å². The molecule has 1 heterocycles. The minimum absolute atomic E-state index is 0.559. The van der Waals surface area contributed by atoms with Crippen LogP contribution < -0.4 is 20.4 Å². The highest BCUT2D eigenvalue weighted by atomic mass is 32.1. The Morgan fingerprint density at radius 3 is 2.69 bits per heavy atom. The van der Waals surface area contributed by atoms with Crippen molar-refractivity contribution in [3.63, 3.8) is 0 Å². The average molecular weight is 380 g/mol. The van der Waals surface area contributed by atoms with Crippen LogP contribution in [-0.4, -0.2) is 56.8 Å². The number of hydrogen-bond acceptors (Lipinski definition) is 4. The maximum Gasteiger partial charge on any atom is 0.186 e. The molecule has 26 heavy (non-hydrogen) atoms. The molecule has 0 aliphatic carbocycles. The smallest absolute Gasteiger partial charge is 0.186 e. The summed E-state index contributed by atoms with van der Waals surface area (Å²) in [4.78, 5) is 1.61. The number of hydrazone groups is 1. The SMILES string of the molecule is CCCOc1ccc(/C(C)=N\NC(=S)NCCC[NH+]2CCOCC2)cc1. The molecule has 0 radical (unpaired) electrons. The van der Waals surface area contributed by atoms with Crippen LogP contribution in [0.3, 0.4) is 0 Å². The number of hydrogen-bond donors (Lipinski definition) is 3. The molecule has 6 nitrogen and oxygen atoms in total. The number of morpholine rings is 1. The number of benzene rings is 1. The predicted molar refractivity (Wildman–Crippen MR) is 109 cm³/mol. The van der Waals surface area contributed by atoms with Gasteiger partial charge >= 0.3 is 0 Å². The second kappa shape index (κ2) is 11.8. The highest BCUT2D eigenvalue weighted by Gasteiger charge is 2.12. The summed E-state index contributed by atoms with van der Waals surface area (Å²) in [6.45, 7) is 10.8. The predicted octanol–water partition coefficient (Wildman–Crippen LogP) is 0.969. The maximum absolute atomic E-state index is 5.59. The van der Waals surface area contributed by atoms with Gasteiger partial charge < -0.3 is 19.7 Å². The van der Waals surface area contributed by atoms with Gasteiger partial charge in [0.25, 0.3) is 0 Å². The van der Waals surface area contributed by atoms with Gasteiger partial charge in [-0.3, -0.25) is 5.43 Å². The van der Waals surface area contributed by atoms with Crippen LogP contribution in [0.25, 0.3) is 0 Å². The largest absolute Gasteiger partial charge is 0.494 e. The molecule has 1 aliphatic rings. The summed E-state index contributed by atoms with van der Waals surface area (Å²) in [7, 11) is 0. The Balaban J connectivity index is 1.66. The van der Waals surface area contributed by atoms with E-state index in [1.54, 1.807) is 4.90 Å². The first-order valence-electron chi connectivity index (χ1n) is 9.41. The average Bonchev–Trinajstić information content (AvgIpc) is 2.69. The third-order valence-electron chi connectivity index (χ3n) is 4.26. The summed E-state index contributed by atoms with van der Waals surface area (Å²) in [6.07, 6.45) is 2.09. The van der Waals surface area contributed by atoms with Crippen LogP contribution in [0, 0.1) is 0 Å². The fraction of sp³-hybridized carbons (Fsp3) is 0.579. The second-order valence-corrected chi connectivity index (χ2v) is 6.81. The van der Waals surface area contributed by atoms with E-state index in [9.17, 15) is 0 Å². The van der Waals surface area contributed by atoms with E-state index in [0.717, 1.165) is 75.9 Å². The van der Waals surface area contributed by atoms with E-state index >= 15 is 0 Å². The van der Waals surface area contributed by atoms with Crippen molar-refractivity contribution >= 4 is 23.0 Å². The van der Waals surface area contributed by atoms with Crippen LogP contribution in [-0.2, 0) is 4.74 Å². The highest BCUT2D eigenvalue weighted by molar-refractivity contribution is 7.80. The molecule has 7 heteroatoms. The summed E-state index contributed by atoms with van der Waals surface area (Å²) in [5.41, 5.74) is 4.84. The minimum atomic E-state index is 0.559. The van der Waals surface area contributed by atoms with E-state index < -0.39 is 0 Å². The Bertz CT molecular complexity index is 571. The zero-order valence-electron chi connectivity index (χ0n) is 15.8.